The number of nitrogens with zero attached hydrogens (tertiary/aromatic N) is 6. The molecule has 1 unspecified atom stereocenters. The lowest BCUT2D eigenvalue weighted by Gasteiger charge is -2.22. The van der Waals surface area contributed by atoms with Crippen molar-refractivity contribution >= 4 is 5.91 Å². The first-order valence-electron chi connectivity index (χ1n) is 12.1. The van der Waals surface area contributed by atoms with Gasteiger partial charge in [0.1, 0.15) is 11.9 Å². The molecule has 2 N–H and O–H groups in total. The molecule has 1 aromatic carbocycles. The number of hydrogen-bond acceptors (Lipinski definition) is 7. The fourth-order valence-corrected chi connectivity index (χ4v) is 4.79. The van der Waals surface area contributed by atoms with Gasteiger partial charge in [-0.25, -0.2) is 24.0 Å². The molecule has 0 bridgehead atoms. The summed E-state index contributed by atoms with van der Waals surface area (Å²) >= 11 is 0. The number of pyridine rings is 1. The molecular formula is C27H26FN7O2. The molecule has 0 radical (unpaired) electrons. The van der Waals surface area contributed by atoms with E-state index in [9.17, 15) is 9.18 Å². The maximum absolute atomic E-state index is 13.4. The van der Waals surface area contributed by atoms with Crippen LogP contribution in [0.1, 0.15) is 29.8 Å². The van der Waals surface area contributed by atoms with Gasteiger partial charge in [-0.15, -0.1) is 0 Å². The van der Waals surface area contributed by atoms with Crippen LogP contribution < -0.4 is 10.5 Å². The van der Waals surface area contributed by atoms with Crippen molar-refractivity contribution in [1.82, 2.24) is 29.6 Å². The number of benzene rings is 1. The molecule has 2 aliphatic rings. The molecule has 1 amide bonds. The minimum absolute atomic E-state index is 0.0193. The number of halogens is 1. The Hall–Kier alpha value is -4.18. The van der Waals surface area contributed by atoms with Gasteiger partial charge < -0.3 is 15.4 Å². The van der Waals surface area contributed by atoms with Gasteiger partial charge in [-0.3, -0.25) is 4.79 Å². The second-order valence-corrected chi connectivity index (χ2v) is 10.2. The number of carbonyl (C=O) groups is 1. The zero-order chi connectivity index (χ0) is 25.7. The Labute approximate surface area is 213 Å². The third-order valence-electron chi connectivity index (χ3n) is 6.93. The highest BCUT2D eigenvalue weighted by molar-refractivity contribution is 5.94. The molecule has 1 saturated carbocycles. The molecule has 4 aromatic rings. The van der Waals surface area contributed by atoms with Crippen LogP contribution in [0.15, 0.2) is 67.3 Å². The summed E-state index contributed by atoms with van der Waals surface area (Å²) in [6.07, 6.45) is 6.42. The highest BCUT2D eigenvalue weighted by Gasteiger charge is 2.59. The van der Waals surface area contributed by atoms with Gasteiger partial charge in [0.05, 0.1) is 17.5 Å². The number of rotatable bonds is 6. The molecule has 4 heterocycles. The van der Waals surface area contributed by atoms with Gasteiger partial charge in [0, 0.05) is 60.7 Å². The average molecular weight is 500 g/mol. The molecule has 1 aliphatic heterocycles. The Balaban J connectivity index is 1.14. The van der Waals surface area contributed by atoms with Crippen molar-refractivity contribution in [2.45, 2.75) is 25.5 Å². The van der Waals surface area contributed by atoms with Gasteiger partial charge in [-0.1, -0.05) is 0 Å². The third kappa shape index (κ3) is 4.55. The van der Waals surface area contributed by atoms with Crippen LogP contribution in [0.5, 0.6) is 5.88 Å². The number of amides is 1. The number of aromatic nitrogens is 5. The van der Waals surface area contributed by atoms with Crippen molar-refractivity contribution in [2.75, 3.05) is 13.1 Å². The summed E-state index contributed by atoms with van der Waals surface area (Å²) < 4.78 is 21.2. The monoisotopic (exact) mass is 499 g/mol. The van der Waals surface area contributed by atoms with Crippen molar-refractivity contribution in [3.63, 3.8) is 0 Å². The van der Waals surface area contributed by atoms with Gasteiger partial charge in [0.2, 0.25) is 11.8 Å². The van der Waals surface area contributed by atoms with Gasteiger partial charge >= 0.3 is 0 Å². The largest absolute Gasteiger partial charge is 0.474 e. The summed E-state index contributed by atoms with van der Waals surface area (Å²) in [6.45, 7) is 5.05. The second-order valence-electron chi connectivity index (χ2n) is 10.2. The Morgan fingerprint density at radius 2 is 1.81 bits per heavy atom. The first kappa shape index (κ1) is 23.2. The molecule has 1 saturated heterocycles. The SMILES string of the molecule is CC(C)(N)c1cc(OC2[C@H]3CN(C(=O)c4cnn(-c5ncccn5)c4)C[C@@H]23)nc(-c2ccc(F)cc2)c1. The number of ether oxygens (including phenoxy) is 1. The van der Waals surface area contributed by atoms with E-state index in [0.717, 1.165) is 11.1 Å². The minimum atomic E-state index is -0.603. The van der Waals surface area contributed by atoms with Crippen LogP contribution in [-0.2, 0) is 5.54 Å². The topological polar surface area (TPSA) is 112 Å². The van der Waals surface area contributed by atoms with Crippen molar-refractivity contribution < 1.29 is 13.9 Å². The fraction of sp³-hybridized carbons (Fsp3) is 0.296. The number of likely N-dealkylation sites (tertiary alicyclic amines) is 1. The van der Waals surface area contributed by atoms with Crippen LogP contribution in [0.3, 0.4) is 0 Å². The normalized spacial score (nSPS) is 20.5. The summed E-state index contributed by atoms with van der Waals surface area (Å²) in [6, 6.07) is 11.7. The van der Waals surface area contributed by atoms with E-state index in [0.29, 0.717) is 36.2 Å². The molecule has 2 fully saturated rings. The minimum Gasteiger partial charge on any atom is -0.474 e. The maximum Gasteiger partial charge on any atom is 0.257 e. The second kappa shape index (κ2) is 8.74. The standard InChI is InChI=1S/C27H26FN7O2/c1-27(2,29)18-10-22(16-4-6-19(28)7-5-16)33-23(11-18)37-24-20-14-34(15-21(20)24)25(36)17-12-32-35(13-17)26-30-8-3-9-31-26/h3-13,20-21,24H,14-15,29H2,1-2H3/t20-,21+,24?. The molecule has 37 heavy (non-hydrogen) atoms. The summed E-state index contributed by atoms with van der Waals surface area (Å²) in [5.41, 5.74) is 8.60. The molecule has 0 spiro atoms. The van der Waals surface area contributed by atoms with E-state index in [1.165, 1.54) is 23.0 Å². The van der Waals surface area contributed by atoms with Crippen LogP contribution in [0.25, 0.3) is 17.2 Å². The Morgan fingerprint density at radius 1 is 1.11 bits per heavy atom. The van der Waals surface area contributed by atoms with Gasteiger partial charge in [0.15, 0.2) is 0 Å². The van der Waals surface area contributed by atoms with Crippen LogP contribution in [0.4, 0.5) is 4.39 Å². The van der Waals surface area contributed by atoms with E-state index in [2.05, 4.69) is 20.1 Å². The summed E-state index contributed by atoms with van der Waals surface area (Å²) in [7, 11) is 0. The van der Waals surface area contributed by atoms with E-state index in [1.807, 2.05) is 30.9 Å². The van der Waals surface area contributed by atoms with Crippen LogP contribution in [0.2, 0.25) is 0 Å². The number of piperidine rings is 1. The third-order valence-corrected chi connectivity index (χ3v) is 6.93. The average Bonchev–Trinajstić information content (AvgIpc) is 3.27. The summed E-state index contributed by atoms with van der Waals surface area (Å²) in [5.74, 6) is 0.994. The molecule has 1 aliphatic carbocycles. The van der Waals surface area contributed by atoms with Gasteiger partial charge in [0.25, 0.3) is 5.91 Å². The number of fused-ring (bicyclic) bond motifs is 1. The van der Waals surface area contributed by atoms with Crippen molar-refractivity contribution in [3.05, 3.63) is 84.2 Å². The summed E-state index contributed by atoms with van der Waals surface area (Å²) in [5, 5.41) is 4.23. The van der Waals surface area contributed by atoms with Gasteiger partial charge in [-0.05, 0) is 55.8 Å². The van der Waals surface area contributed by atoms with E-state index in [-0.39, 0.29) is 29.7 Å². The van der Waals surface area contributed by atoms with E-state index >= 15 is 0 Å². The maximum atomic E-state index is 13.4. The lowest BCUT2D eigenvalue weighted by Crippen LogP contribution is -2.33. The Bertz CT molecular complexity index is 1440. The first-order valence-corrected chi connectivity index (χ1v) is 12.1. The van der Waals surface area contributed by atoms with Crippen LogP contribution in [0, 0.1) is 17.7 Å². The molecule has 9 nitrogen and oxygen atoms in total. The Morgan fingerprint density at radius 3 is 2.49 bits per heavy atom. The van der Waals surface area contributed by atoms with Crippen molar-refractivity contribution in [3.8, 4) is 23.1 Å². The predicted molar refractivity (Wildman–Crippen MR) is 133 cm³/mol. The van der Waals surface area contributed by atoms with Gasteiger partial charge in [-0.2, -0.15) is 5.10 Å². The first-order chi connectivity index (χ1) is 17.8. The van der Waals surface area contributed by atoms with Crippen molar-refractivity contribution in [2.24, 2.45) is 17.6 Å². The molecular weight excluding hydrogens is 473 g/mol. The molecule has 10 heteroatoms. The lowest BCUT2D eigenvalue weighted by atomic mass is 9.95. The van der Waals surface area contributed by atoms with Crippen molar-refractivity contribution in [1.29, 1.82) is 0 Å². The highest BCUT2D eigenvalue weighted by atomic mass is 19.1. The van der Waals surface area contributed by atoms with Crippen LogP contribution in [-0.4, -0.2) is 54.7 Å². The molecule has 3 atom stereocenters. The summed E-state index contributed by atoms with van der Waals surface area (Å²) in [4.78, 5) is 27.9. The van der Waals surface area contributed by atoms with E-state index in [1.54, 1.807) is 36.8 Å². The quantitative estimate of drug-likeness (QED) is 0.434. The number of carbonyl (C=O) groups excluding carboxylic acids is 1. The van der Waals surface area contributed by atoms with E-state index in [4.69, 9.17) is 10.5 Å². The zero-order valence-corrected chi connectivity index (χ0v) is 20.5. The van der Waals surface area contributed by atoms with E-state index < -0.39 is 5.54 Å². The molecule has 3 aromatic heterocycles. The predicted octanol–water partition coefficient (Wildman–Crippen LogP) is 3.21. The zero-order valence-electron chi connectivity index (χ0n) is 20.5. The van der Waals surface area contributed by atoms with Crippen LogP contribution >= 0.6 is 0 Å². The lowest BCUT2D eigenvalue weighted by molar-refractivity contribution is 0.0751. The number of hydrogen-bond donors (Lipinski definition) is 1. The highest BCUT2D eigenvalue weighted by Crippen LogP contribution is 2.48. The number of nitrogens with two attached hydrogens (primary N) is 1. The molecule has 188 valence electrons. The fourth-order valence-electron chi connectivity index (χ4n) is 4.79. The Kier molecular flexibility index (Phi) is 5.49. The smallest absolute Gasteiger partial charge is 0.257 e. The molecule has 6 rings (SSSR count).